The van der Waals surface area contributed by atoms with Crippen LogP contribution in [0.15, 0.2) is 40.9 Å². The molecule has 0 saturated heterocycles. The summed E-state index contributed by atoms with van der Waals surface area (Å²) in [6.45, 7) is 0. The van der Waals surface area contributed by atoms with E-state index in [0.29, 0.717) is 16.8 Å². The minimum absolute atomic E-state index is 0.0457. The van der Waals surface area contributed by atoms with Gasteiger partial charge in [-0.3, -0.25) is 10.1 Å². The first-order valence-corrected chi connectivity index (χ1v) is 6.23. The number of hydrogen-bond acceptors (Lipinski definition) is 6. The molecule has 0 unspecified atom stereocenters. The van der Waals surface area contributed by atoms with E-state index < -0.39 is 4.92 Å². The van der Waals surface area contributed by atoms with Gasteiger partial charge in [0.2, 0.25) is 5.89 Å². The van der Waals surface area contributed by atoms with Gasteiger partial charge in [0.15, 0.2) is 0 Å². The summed E-state index contributed by atoms with van der Waals surface area (Å²) in [7, 11) is 1.66. The summed E-state index contributed by atoms with van der Waals surface area (Å²) in [5, 5.41) is 27.4. The summed E-state index contributed by atoms with van der Waals surface area (Å²) in [5.74, 6) is 0.471. The number of rotatable bonds is 3. The van der Waals surface area contributed by atoms with Crippen LogP contribution in [0.5, 0.6) is 0 Å². The Hall–Kier alpha value is -3.47. The van der Waals surface area contributed by atoms with Gasteiger partial charge in [0.05, 0.1) is 22.8 Å². The van der Waals surface area contributed by atoms with Crippen LogP contribution in [0.25, 0.3) is 23.0 Å². The average Bonchev–Trinajstić information content (AvgIpc) is 3.14. The average molecular weight is 295 g/mol. The van der Waals surface area contributed by atoms with Crippen LogP contribution in [-0.4, -0.2) is 19.7 Å². The third-order valence-electron chi connectivity index (χ3n) is 3.11. The highest BCUT2D eigenvalue weighted by molar-refractivity contribution is 5.59. The molecule has 108 valence electrons. The zero-order chi connectivity index (χ0) is 15.7. The molecular formula is C14H9N5O3. The minimum Gasteiger partial charge on any atom is -0.415 e. The molecule has 0 bridgehead atoms. The molecule has 2 heterocycles. The number of aromatic nitrogens is 3. The first-order valence-electron chi connectivity index (χ1n) is 6.23. The van der Waals surface area contributed by atoms with Gasteiger partial charge in [-0.1, -0.05) is 0 Å². The first-order chi connectivity index (χ1) is 10.6. The van der Waals surface area contributed by atoms with Crippen LogP contribution >= 0.6 is 0 Å². The molecule has 3 rings (SSSR count). The highest BCUT2D eigenvalue weighted by atomic mass is 16.6. The Balaban J connectivity index is 1.96. The molecule has 0 atom stereocenters. The van der Waals surface area contributed by atoms with Crippen molar-refractivity contribution in [3.63, 3.8) is 0 Å². The molecule has 0 aliphatic carbocycles. The van der Waals surface area contributed by atoms with Gasteiger partial charge in [-0.2, -0.15) is 5.26 Å². The Morgan fingerprint density at radius 2 is 1.95 bits per heavy atom. The number of nitrogens with zero attached hydrogens (tertiary/aromatic N) is 5. The molecule has 0 aliphatic rings. The molecule has 0 amide bonds. The zero-order valence-corrected chi connectivity index (χ0v) is 11.4. The third kappa shape index (κ3) is 2.31. The van der Waals surface area contributed by atoms with Crippen LogP contribution in [0.2, 0.25) is 0 Å². The van der Waals surface area contributed by atoms with Crippen molar-refractivity contribution in [1.29, 1.82) is 5.26 Å². The summed E-state index contributed by atoms with van der Waals surface area (Å²) in [6, 6.07) is 10.1. The van der Waals surface area contributed by atoms with E-state index in [9.17, 15) is 10.1 Å². The molecule has 8 nitrogen and oxygen atoms in total. The van der Waals surface area contributed by atoms with Crippen molar-refractivity contribution in [2.24, 2.45) is 7.05 Å². The molecule has 0 spiro atoms. The van der Waals surface area contributed by atoms with Crippen LogP contribution < -0.4 is 0 Å². The molecular weight excluding hydrogens is 286 g/mol. The van der Waals surface area contributed by atoms with Crippen molar-refractivity contribution in [3.05, 3.63) is 52.2 Å². The van der Waals surface area contributed by atoms with Gasteiger partial charge in [0.1, 0.15) is 5.69 Å². The number of hydrogen-bond donors (Lipinski definition) is 0. The molecule has 3 aromatic rings. The SMILES string of the molecule is Cn1cc([N+](=O)[O-])cc1-c1nnc(-c2ccc(C#N)cc2)o1. The fourth-order valence-corrected chi connectivity index (χ4v) is 1.99. The Morgan fingerprint density at radius 1 is 1.27 bits per heavy atom. The van der Waals surface area contributed by atoms with Gasteiger partial charge < -0.3 is 8.98 Å². The van der Waals surface area contributed by atoms with Gasteiger partial charge in [-0.15, -0.1) is 10.2 Å². The molecule has 0 radical (unpaired) electrons. The standard InChI is InChI=1S/C14H9N5O3/c1-18-8-11(19(20)21)6-12(18)14-17-16-13(22-14)10-4-2-9(7-15)3-5-10/h2-6,8H,1H3. The second kappa shape index (κ2) is 5.14. The summed E-state index contributed by atoms with van der Waals surface area (Å²) < 4.78 is 7.10. The number of nitro groups is 1. The first kappa shape index (κ1) is 13.5. The molecule has 0 fully saturated rings. The minimum atomic E-state index is -0.485. The quantitative estimate of drug-likeness (QED) is 0.542. The van der Waals surface area contributed by atoms with Crippen LogP contribution in [0, 0.1) is 21.4 Å². The van der Waals surface area contributed by atoms with Crippen molar-refractivity contribution in [3.8, 4) is 29.1 Å². The molecule has 1 aromatic carbocycles. The maximum absolute atomic E-state index is 10.8. The fourth-order valence-electron chi connectivity index (χ4n) is 1.99. The Morgan fingerprint density at radius 3 is 2.55 bits per heavy atom. The van der Waals surface area contributed by atoms with E-state index in [0.717, 1.165) is 0 Å². The summed E-state index contributed by atoms with van der Waals surface area (Å²) in [4.78, 5) is 10.3. The zero-order valence-electron chi connectivity index (χ0n) is 11.4. The maximum Gasteiger partial charge on any atom is 0.287 e. The monoisotopic (exact) mass is 295 g/mol. The van der Waals surface area contributed by atoms with Gasteiger partial charge in [-0.25, -0.2) is 0 Å². The van der Waals surface area contributed by atoms with Crippen molar-refractivity contribution < 1.29 is 9.34 Å². The second-order valence-corrected chi connectivity index (χ2v) is 4.55. The summed E-state index contributed by atoms with van der Waals surface area (Å²) in [5.41, 5.74) is 1.61. The number of benzene rings is 1. The van der Waals surface area contributed by atoms with Gasteiger partial charge in [-0.05, 0) is 24.3 Å². The van der Waals surface area contributed by atoms with E-state index in [4.69, 9.17) is 9.68 Å². The van der Waals surface area contributed by atoms with E-state index in [-0.39, 0.29) is 17.5 Å². The van der Waals surface area contributed by atoms with Gasteiger partial charge >= 0.3 is 0 Å². The van der Waals surface area contributed by atoms with E-state index in [1.165, 1.54) is 12.3 Å². The predicted octanol–water partition coefficient (Wildman–Crippen LogP) is 2.52. The van der Waals surface area contributed by atoms with Gasteiger partial charge in [0, 0.05) is 18.7 Å². The molecule has 2 aromatic heterocycles. The smallest absolute Gasteiger partial charge is 0.287 e. The van der Waals surface area contributed by atoms with Crippen LogP contribution in [0.3, 0.4) is 0 Å². The van der Waals surface area contributed by atoms with Crippen LogP contribution in [-0.2, 0) is 7.05 Å². The normalized spacial score (nSPS) is 10.4. The lowest BCUT2D eigenvalue weighted by atomic mass is 10.1. The molecule has 0 N–H and O–H groups in total. The largest absolute Gasteiger partial charge is 0.415 e. The lowest BCUT2D eigenvalue weighted by molar-refractivity contribution is -0.384. The van der Waals surface area contributed by atoms with Crippen molar-refractivity contribution >= 4 is 5.69 Å². The Labute approximate surface area is 124 Å². The van der Waals surface area contributed by atoms with Crippen molar-refractivity contribution in [2.45, 2.75) is 0 Å². The van der Waals surface area contributed by atoms with E-state index >= 15 is 0 Å². The lowest BCUT2D eigenvalue weighted by Crippen LogP contribution is -1.89. The topological polar surface area (TPSA) is 111 Å². The highest BCUT2D eigenvalue weighted by Gasteiger charge is 2.18. The van der Waals surface area contributed by atoms with Crippen LogP contribution in [0.1, 0.15) is 5.56 Å². The third-order valence-corrected chi connectivity index (χ3v) is 3.11. The lowest BCUT2D eigenvalue weighted by Gasteiger charge is -1.96. The van der Waals surface area contributed by atoms with E-state index in [1.807, 2.05) is 6.07 Å². The highest BCUT2D eigenvalue weighted by Crippen LogP contribution is 2.27. The molecule has 22 heavy (non-hydrogen) atoms. The van der Waals surface area contributed by atoms with Crippen molar-refractivity contribution in [1.82, 2.24) is 14.8 Å². The number of nitriles is 1. The Bertz CT molecular complexity index is 886. The summed E-state index contributed by atoms with van der Waals surface area (Å²) in [6.07, 6.45) is 1.38. The fraction of sp³-hybridized carbons (Fsp3) is 0.0714. The van der Waals surface area contributed by atoms with E-state index in [2.05, 4.69) is 10.2 Å². The predicted molar refractivity (Wildman–Crippen MR) is 75.5 cm³/mol. The van der Waals surface area contributed by atoms with E-state index in [1.54, 1.807) is 35.9 Å². The summed E-state index contributed by atoms with van der Waals surface area (Å²) >= 11 is 0. The van der Waals surface area contributed by atoms with Crippen molar-refractivity contribution in [2.75, 3.05) is 0 Å². The molecule has 8 heteroatoms. The maximum atomic E-state index is 10.8. The second-order valence-electron chi connectivity index (χ2n) is 4.55. The van der Waals surface area contributed by atoms with Gasteiger partial charge in [0.25, 0.3) is 11.6 Å². The number of aryl methyl sites for hydroxylation is 1. The molecule has 0 aliphatic heterocycles. The Kier molecular flexibility index (Phi) is 3.16. The van der Waals surface area contributed by atoms with Crippen LogP contribution in [0.4, 0.5) is 5.69 Å². The molecule has 0 saturated carbocycles.